The first-order valence-electron chi connectivity index (χ1n) is 13.6. The molecule has 0 radical (unpaired) electrons. The Labute approximate surface area is 180 Å². The molecule has 0 aliphatic carbocycles. The lowest BCUT2D eigenvalue weighted by molar-refractivity contribution is 0.530. The van der Waals surface area contributed by atoms with Crippen molar-refractivity contribution in [3.63, 3.8) is 0 Å². The van der Waals surface area contributed by atoms with Gasteiger partial charge in [-0.15, -0.1) is 0 Å². The molecule has 0 aromatic carbocycles. The number of hydrogen-bond donors (Lipinski definition) is 0. The Balaban J connectivity index is 3.03. The van der Waals surface area contributed by atoms with Crippen molar-refractivity contribution in [2.24, 2.45) is 0 Å². The van der Waals surface area contributed by atoms with Gasteiger partial charge in [0.25, 0.3) is 0 Å². The number of allylic oxidation sites excluding steroid dienone is 2. The van der Waals surface area contributed by atoms with Crippen LogP contribution in [0.3, 0.4) is 0 Å². The topological polar surface area (TPSA) is 0 Å². The average molecular weight is 393 g/mol. The highest BCUT2D eigenvalue weighted by Crippen LogP contribution is 2.14. The highest BCUT2D eigenvalue weighted by Gasteiger charge is 1.94. The van der Waals surface area contributed by atoms with Crippen LogP contribution in [0.15, 0.2) is 12.2 Å². The fraction of sp³-hybridized carbons (Fsp3) is 0.929. The maximum Gasteiger partial charge on any atom is -0.0351 e. The largest absolute Gasteiger partial charge is 0.0885 e. The maximum absolute atomic E-state index is 2.44. The summed E-state index contributed by atoms with van der Waals surface area (Å²) in [4.78, 5) is 0. The van der Waals surface area contributed by atoms with Crippen molar-refractivity contribution in [2.75, 3.05) is 0 Å². The highest BCUT2D eigenvalue weighted by molar-refractivity contribution is 4.81. The van der Waals surface area contributed by atoms with Crippen molar-refractivity contribution < 1.29 is 0 Å². The van der Waals surface area contributed by atoms with Crippen LogP contribution in [0, 0.1) is 0 Å². The van der Waals surface area contributed by atoms with Gasteiger partial charge in [-0.05, 0) is 25.7 Å². The van der Waals surface area contributed by atoms with Crippen LogP contribution in [0.2, 0.25) is 0 Å². The van der Waals surface area contributed by atoms with E-state index < -0.39 is 0 Å². The molecular weight excluding hydrogens is 336 g/mol. The van der Waals surface area contributed by atoms with Crippen LogP contribution >= 0.6 is 0 Å². The molecule has 0 nitrogen and oxygen atoms in total. The van der Waals surface area contributed by atoms with Gasteiger partial charge in [0.05, 0.1) is 0 Å². The van der Waals surface area contributed by atoms with Crippen molar-refractivity contribution in [1.82, 2.24) is 0 Å². The zero-order chi connectivity index (χ0) is 20.4. The summed E-state index contributed by atoms with van der Waals surface area (Å²) in [6.45, 7) is 4.59. The number of hydrogen-bond acceptors (Lipinski definition) is 0. The van der Waals surface area contributed by atoms with E-state index in [9.17, 15) is 0 Å². The van der Waals surface area contributed by atoms with Gasteiger partial charge in [-0.1, -0.05) is 154 Å². The minimum Gasteiger partial charge on any atom is -0.0885 e. The van der Waals surface area contributed by atoms with Crippen molar-refractivity contribution in [3.8, 4) is 0 Å². The summed E-state index contributed by atoms with van der Waals surface area (Å²) in [5.74, 6) is 0. The number of unbranched alkanes of at least 4 members (excludes halogenated alkanes) is 22. The van der Waals surface area contributed by atoms with E-state index in [4.69, 9.17) is 0 Å². The van der Waals surface area contributed by atoms with Crippen LogP contribution in [0.5, 0.6) is 0 Å². The molecule has 0 rings (SSSR count). The molecule has 0 unspecified atom stereocenters. The van der Waals surface area contributed by atoms with E-state index in [0.29, 0.717) is 0 Å². The Bertz CT molecular complexity index is 278. The van der Waals surface area contributed by atoms with Gasteiger partial charge in [0.2, 0.25) is 0 Å². The van der Waals surface area contributed by atoms with Crippen LogP contribution in [0.4, 0.5) is 0 Å². The molecular formula is C28H56. The number of rotatable bonds is 24. The summed E-state index contributed by atoms with van der Waals surface area (Å²) in [7, 11) is 0. The fourth-order valence-corrected chi connectivity index (χ4v) is 4.09. The zero-order valence-electron chi connectivity index (χ0n) is 20.1. The van der Waals surface area contributed by atoms with Gasteiger partial charge in [-0.25, -0.2) is 0 Å². The summed E-state index contributed by atoms with van der Waals surface area (Å²) in [5, 5.41) is 0. The highest BCUT2D eigenvalue weighted by atomic mass is 14.0. The predicted molar refractivity (Wildman–Crippen MR) is 131 cm³/mol. The smallest absolute Gasteiger partial charge is 0.0351 e. The van der Waals surface area contributed by atoms with Gasteiger partial charge in [0.15, 0.2) is 0 Å². The second-order valence-electron chi connectivity index (χ2n) is 9.12. The van der Waals surface area contributed by atoms with E-state index in [1.165, 1.54) is 154 Å². The first-order chi connectivity index (χ1) is 13.9. The van der Waals surface area contributed by atoms with Gasteiger partial charge in [0.1, 0.15) is 0 Å². The lowest BCUT2D eigenvalue weighted by Gasteiger charge is -2.03. The summed E-state index contributed by atoms with van der Waals surface area (Å²) >= 11 is 0. The Morgan fingerprint density at radius 2 is 0.500 bits per heavy atom. The molecule has 0 N–H and O–H groups in total. The molecule has 0 heteroatoms. The zero-order valence-corrected chi connectivity index (χ0v) is 20.1. The Hall–Kier alpha value is -0.260. The second-order valence-corrected chi connectivity index (χ2v) is 9.12. The first kappa shape index (κ1) is 27.7. The Morgan fingerprint density at radius 3 is 0.750 bits per heavy atom. The summed E-state index contributed by atoms with van der Waals surface area (Å²) < 4.78 is 0. The molecule has 0 aliphatic rings. The van der Waals surface area contributed by atoms with Crippen molar-refractivity contribution >= 4 is 0 Å². The molecule has 28 heavy (non-hydrogen) atoms. The van der Waals surface area contributed by atoms with Gasteiger partial charge >= 0.3 is 0 Å². The van der Waals surface area contributed by atoms with E-state index in [2.05, 4.69) is 26.0 Å². The SMILES string of the molecule is CCCCCCCC/C=C\CCCCCCCCCCCCCCCCCC. The first-order valence-corrected chi connectivity index (χ1v) is 13.6. The van der Waals surface area contributed by atoms with Crippen molar-refractivity contribution in [1.29, 1.82) is 0 Å². The van der Waals surface area contributed by atoms with E-state index in [-0.39, 0.29) is 0 Å². The van der Waals surface area contributed by atoms with Gasteiger partial charge in [-0.2, -0.15) is 0 Å². The molecule has 0 amide bonds. The molecule has 0 saturated heterocycles. The standard InChI is InChI=1S/C28H56/c1-3-5-7-9-11-13-15-17-19-21-23-25-27-28-26-24-22-20-18-16-14-12-10-8-6-4-2/h17,19H,3-16,18,20-28H2,1-2H3/b19-17-. The molecule has 0 spiro atoms. The Kier molecular flexibility index (Phi) is 26.5. The molecule has 0 atom stereocenters. The van der Waals surface area contributed by atoms with Crippen molar-refractivity contribution in [2.45, 2.75) is 168 Å². The summed E-state index contributed by atoms with van der Waals surface area (Å²) in [5.41, 5.74) is 0. The minimum absolute atomic E-state index is 1.31. The second kappa shape index (κ2) is 26.7. The van der Waals surface area contributed by atoms with Crippen LogP contribution in [0.25, 0.3) is 0 Å². The lowest BCUT2D eigenvalue weighted by Crippen LogP contribution is -1.83. The predicted octanol–water partition coefficient (Wildman–Crippen LogP) is 10.9. The van der Waals surface area contributed by atoms with Crippen LogP contribution < -0.4 is 0 Å². The molecule has 0 saturated carbocycles. The van der Waals surface area contributed by atoms with Crippen molar-refractivity contribution in [3.05, 3.63) is 12.2 Å². The monoisotopic (exact) mass is 392 g/mol. The maximum atomic E-state index is 2.44. The van der Waals surface area contributed by atoms with E-state index in [1.807, 2.05) is 0 Å². The van der Waals surface area contributed by atoms with Crippen LogP contribution in [0.1, 0.15) is 168 Å². The molecule has 0 aromatic rings. The van der Waals surface area contributed by atoms with Gasteiger partial charge < -0.3 is 0 Å². The van der Waals surface area contributed by atoms with Gasteiger partial charge in [-0.3, -0.25) is 0 Å². The summed E-state index contributed by atoms with van der Waals surface area (Å²) in [6.07, 6.45) is 39.4. The van der Waals surface area contributed by atoms with E-state index in [0.717, 1.165) is 0 Å². The molecule has 0 heterocycles. The minimum atomic E-state index is 1.31. The van der Waals surface area contributed by atoms with Crippen LogP contribution in [-0.4, -0.2) is 0 Å². The Morgan fingerprint density at radius 1 is 0.286 bits per heavy atom. The quantitative estimate of drug-likeness (QED) is 0.113. The van der Waals surface area contributed by atoms with Gasteiger partial charge in [0, 0.05) is 0 Å². The average Bonchev–Trinajstić information content (AvgIpc) is 2.71. The molecule has 0 aliphatic heterocycles. The molecule has 0 aromatic heterocycles. The molecule has 168 valence electrons. The lowest BCUT2D eigenvalue weighted by atomic mass is 10.0. The third-order valence-electron chi connectivity index (χ3n) is 6.12. The molecule has 0 fully saturated rings. The third kappa shape index (κ3) is 25.7. The normalized spacial score (nSPS) is 11.6. The summed E-state index contributed by atoms with van der Waals surface area (Å²) in [6, 6.07) is 0. The fourth-order valence-electron chi connectivity index (χ4n) is 4.09. The van der Waals surface area contributed by atoms with Crippen LogP contribution in [-0.2, 0) is 0 Å². The molecule has 0 bridgehead atoms. The third-order valence-corrected chi connectivity index (χ3v) is 6.12. The van der Waals surface area contributed by atoms with E-state index in [1.54, 1.807) is 0 Å². The van der Waals surface area contributed by atoms with E-state index >= 15 is 0 Å².